The quantitative estimate of drug-likeness (QED) is 0.376. The van der Waals surface area contributed by atoms with Crippen LogP contribution >= 0.6 is 12.4 Å². The van der Waals surface area contributed by atoms with Gasteiger partial charge >= 0.3 is 0 Å². The van der Waals surface area contributed by atoms with Crippen LogP contribution in [0.25, 0.3) is 0 Å². The molecule has 0 radical (unpaired) electrons. The molecular weight excluding hydrogens is 406 g/mol. The van der Waals surface area contributed by atoms with E-state index < -0.39 is 21.6 Å². The number of pyridine rings is 1. The van der Waals surface area contributed by atoms with E-state index in [9.17, 15) is 13.2 Å². The summed E-state index contributed by atoms with van der Waals surface area (Å²) in [6.07, 6.45) is 2.97. The molecule has 0 spiro atoms. The summed E-state index contributed by atoms with van der Waals surface area (Å²) in [4.78, 5) is 16.9. The zero-order valence-corrected chi connectivity index (χ0v) is 16.7. The van der Waals surface area contributed by atoms with E-state index >= 15 is 0 Å². The number of nitrogens with one attached hydrogen (secondary N) is 1. The molecule has 1 amide bonds. The smallest absolute Gasteiger partial charge is 0.262 e. The fourth-order valence-corrected chi connectivity index (χ4v) is 3.53. The molecule has 0 saturated carbocycles. The molecule has 1 aromatic heterocycles. The highest BCUT2D eigenvalue weighted by molar-refractivity contribution is 7.91. The van der Waals surface area contributed by atoms with Gasteiger partial charge in [-0.2, -0.15) is 0 Å². The minimum atomic E-state index is -3.75. The van der Waals surface area contributed by atoms with Gasteiger partial charge in [0.25, 0.3) is 5.91 Å². The Kier molecular flexibility index (Phi) is 9.24. The number of rotatable bonds is 8. The first-order valence-corrected chi connectivity index (χ1v) is 9.54. The molecule has 150 valence electrons. The number of ether oxygens (including phenoxy) is 1. The highest BCUT2D eigenvalue weighted by Gasteiger charge is 2.22. The lowest BCUT2D eigenvalue weighted by molar-refractivity contribution is -0.127. The number of nitrogens with zero attached hydrogens (tertiary/aromatic N) is 2. The van der Waals surface area contributed by atoms with E-state index in [4.69, 9.17) is 9.94 Å². The lowest BCUT2D eigenvalue weighted by Gasteiger charge is -2.23. The fourth-order valence-electron chi connectivity index (χ4n) is 2.18. The van der Waals surface area contributed by atoms with Gasteiger partial charge in [-0.25, -0.2) is 13.9 Å². The highest BCUT2D eigenvalue weighted by Crippen LogP contribution is 2.20. The molecule has 28 heavy (non-hydrogen) atoms. The summed E-state index contributed by atoms with van der Waals surface area (Å²) in [7, 11) is -3.75. The van der Waals surface area contributed by atoms with Crippen molar-refractivity contribution in [2.75, 3.05) is 23.9 Å². The number of halogens is 1. The summed E-state index contributed by atoms with van der Waals surface area (Å²) in [5, 5.41) is 8.75. The van der Waals surface area contributed by atoms with Gasteiger partial charge in [0, 0.05) is 6.20 Å². The predicted molar refractivity (Wildman–Crippen MR) is 106 cm³/mol. The molecule has 0 unspecified atom stereocenters. The Bertz CT molecular complexity index is 925. The van der Waals surface area contributed by atoms with Crippen molar-refractivity contribution in [3.8, 4) is 17.6 Å². The first kappa shape index (κ1) is 23.2. The fraction of sp³-hybridized carbons (Fsp3) is 0.222. The van der Waals surface area contributed by atoms with E-state index in [0.29, 0.717) is 11.4 Å². The van der Waals surface area contributed by atoms with Crippen molar-refractivity contribution in [2.45, 2.75) is 11.8 Å². The Hall–Kier alpha value is -2.80. The van der Waals surface area contributed by atoms with Crippen molar-refractivity contribution in [2.24, 2.45) is 0 Å². The van der Waals surface area contributed by atoms with Crippen molar-refractivity contribution < 1.29 is 23.2 Å². The van der Waals surface area contributed by atoms with E-state index in [2.05, 4.69) is 16.8 Å². The number of sulfone groups is 1. The predicted octanol–water partition coefficient (Wildman–Crippen LogP) is 1.65. The van der Waals surface area contributed by atoms with Gasteiger partial charge in [0.15, 0.2) is 9.84 Å². The van der Waals surface area contributed by atoms with Crippen LogP contribution in [0.5, 0.6) is 5.75 Å². The molecule has 0 bridgehead atoms. The molecule has 2 aromatic rings. The maximum Gasteiger partial charge on any atom is 0.262 e. The summed E-state index contributed by atoms with van der Waals surface area (Å²) in [6, 6.07) is 9.18. The van der Waals surface area contributed by atoms with Crippen LogP contribution in [-0.2, 0) is 14.6 Å². The maximum atomic E-state index is 12.7. The number of benzene rings is 1. The second-order valence-electron chi connectivity index (χ2n) is 5.37. The molecular formula is C18H20ClN3O5S. The van der Waals surface area contributed by atoms with Crippen molar-refractivity contribution in [1.82, 2.24) is 10.5 Å². The van der Waals surface area contributed by atoms with Gasteiger partial charge in [0.1, 0.15) is 24.8 Å². The lowest BCUT2D eigenvalue weighted by Crippen LogP contribution is -2.39. The minimum absolute atomic E-state index is 0. The Morgan fingerprint density at radius 1 is 1.29 bits per heavy atom. The van der Waals surface area contributed by atoms with E-state index in [1.807, 2.05) is 0 Å². The van der Waals surface area contributed by atoms with Crippen LogP contribution in [-0.4, -0.2) is 43.5 Å². The number of hydrogen-bond donors (Lipinski definition) is 2. The summed E-state index contributed by atoms with van der Waals surface area (Å²) in [5.41, 5.74) is 1.93. The van der Waals surface area contributed by atoms with Gasteiger partial charge in [-0.3, -0.25) is 15.0 Å². The second kappa shape index (κ2) is 11.1. The van der Waals surface area contributed by atoms with Gasteiger partial charge in [-0.05, 0) is 43.3 Å². The van der Waals surface area contributed by atoms with Crippen LogP contribution in [0.15, 0.2) is 53.7 Å². The van der Waals surface area contributed by atoms with Gasteiger partial charge in [-0.1, -0.05) is 5.92 Å². The molecule has 8 nitrogen and oxygen atoms in total. The average molecular weight is 426 g/mol. The molecule has 1 aromatic carbocycles. The summed E-state index contributed by atoms with van der Waals surface area (Å²) >= 11 is 0. The highest BCUT2D eigenvalue weighted by atomic mass is 35.5. The van der Waals surface area contributed by atoms with Crippen LogP contribution in [0.1, 0.15) is 6.92 Å². The zero-order chi connectivity index (χ0) is 19.7. The largest absolute Gasteiger partial charge is 0.481 e. The Morgan fingerprint density at radius 3 is 2.57 bits per heavy atom. The van der Waals surface area contributed by atoms with E-state index in [1.165, 1.54) is 34.9 Å². The first-order valence-electron chi connectivity index (χ1n) is 7.89. The first-order chi connectivity index (χ1) is 13.0. The van der Waals surface area contributed by atoms with Gasteiger partial charge in [-0.15, -0.1) is 18.3 Å². The van der Waals surface area contributed by atoms with Crippen molar-refractivity contribution in [3.05, 3.63) is 48.8 Å². The average Bonchev–Trinajstić information content (AvgIpc) is 2.68. The normalized spacial score (nSPS) is 10.1. The monoisotopic (exact) mass is 425 g/mol. The van der Waals surface area contributed by atoms with Gasteiger partial charge in [0.05, 0.1) is 16.8 Å². The molecule has 0 atom stereocenters. The molecule has 0 aliphatic rings. The topological polar surface area (TPSA) is 109 Å². The summed E-state index contributed by atoms with van der Waals surface area (Å²) < 4.78 is 30.8. The van der Waals surface area contributed by atoms with E-state index in [-0.39, 0.29) is 30.5 Å². The van der Waals surface area contributed by atoms with Crippen LogP contribution in [0.4, 0.5) is 5.69 Å². The van der Waals surface area contributed by atoms with Crippen LogP contribution in [0.3, 0.4) is 0 Å². The Morgan fingerprint density at radius 2 is 2.00 bits per heavy atom. The Labute approximate surface area is 169 Å². The molecule has 0 aliphatic heterocycles. The molecule has 2 N–H and O–H groups in total. The van der Waals surface area contributed by atoms with E-state index in [0.717, 1.165) is 0 Å². The number of hydrogen-bond acceptors (Lipinski definition) is 7. The summed E-state index contributed by atoms with van der Waals surface area (Å²) in [5.74, 6) is 4.74. The summed E-state index contributed by atoms with van der Waals surface area (Å²) in [6.45, 7) is 1.57. The van der Waals surface area contributed by atoms with Crippen molar-refractivity contribution in [3.63, 3.8) is 0 Å². The van der Waals surface area contributed by atoms with Gasteiger partial charge in [0.2, 0.25) is 0 Å². The van der Waals surface area contributed by atoms with Crippen molar-refractivity contribution in [1.29, 1.82) is 0 Å². The standard InChI is InChI=1S/C18H19N3O5S.ClH/c1-2-3-11-26-16-6-8-17(9-7-16)27(24,25)14-21(13-18(22)20-23)15-5-4-10-19-12-15;/h4-10,12,23H,11,13-14H2,1H3,(H,20,22);1H. The third-order valence-corrected chi connectivity index (χ3v) is 5.11. The second-order valence-corrected chi connectivity index (χ2v) is 7.33. The third kappa shape index (κ3) is 6.74. The molecule has 0 saturated heterocycles. The van der Waals surface area contributed by atoms with E-state index in [1.54, 1.807) is 31.2 Å². The lowest BCUT2D eigenvalue weighted by atomic mass is 10.3. The van der Waals surface area contributed by atoms with Crippen LogP contribution < -0.4 is 15.1 Å². The SMILES string of the molecule is CC#CCOc1ccc(S(=O)(=O)CN(CC(=O)NO)c2cccnc2)cc1.Cl. The van der Waals surface area contributed by atoms with Crippen LogP contribution in [0.2, 0.25) is 0 Å². The molecule has 0 fully saturated rings. The van der Waals surface area contributed by atoms with Crippen LogP contribution in [0, 0.1) is 11.8 Å². The Balaban J connectivity index is 0.00000392. The molecule has 2 rings (SSSR count). The number of amides is 1. The van der Waals surface area contributed by atoms with Crippen molar-refractivity contribution >= 4 is 33.8 Å². The zero-order valence-electron chi connectivity index (χ0n) is 15.0. The number of carbonyl (C=O) groups excluding carboxylic acids is 1. The molecule has 0 aliphatic carbocycles. The minimum Gasteiger partial charge on any atom is -0.481 e. The molecule has 10 heteroatoms. The molecule has 1 heterocycles. The maximum absolute atomic E-state index is 12.7. The number of anilines is 1. The number of hydroxylamine groups is 1. The van der Waals surface area contributed by atoms with Gasteiger partial charge < -0.3 is 9.64 Å². The number of aromatic nitrogens is 1. The number of carbonyl (C=O) groups is 1. The third-order valence-electron chi connectivity index (χ3n) is 3.47.